The monoisotopic (exact) mass is 434 g/mol. The standard InChI is InChI=1S/C25H27FN4S/c1-17-15-20(10-11-21(17)26)30-24(23(28-25(30)31)22-9-5-6-13-27-22)18-12-14-29(16-18)19-7-3-2-4-8-19/h5-6,9-16,19,23-24H,2-4,7-8H2,1H3,(H,28,31)/t23-,24+/m1/s1. The molecule has 2 aromatic heterocycles. The number of hydrogen-bond acceptors (Lipinski definition) is 2. The Bertz CT molecular complexity index is 1070. The highest BCUT2D eigenvalue weighted by Gasteiger charge is 2.41. The summed E-state index contributed by atoms with van der Waals surface area (Å²) in [6, 6.07) is 13.8. The van der Waals surface area contributed by atoms with Gasteiger partial charge in [0.05, 0.1) is 17.8 Å². The fourth-order valence-corrected chi connectivity index (χ4v) is 5.31. The molecule has 2 aliphatic rings. The smallest absolute Gasteiger partial charge is 0.174 e. The van der Waals surface area contributed by atoms with E-state index in [2.05, 4.69) is 38.2 Å². The molecule has 1 aromatic carbocycles. The predicted molar refractivity (Wildman–Crippen MR) is 126 cm³/mol. The van der Waals surface area contributed by atoms with Gasteiger partial charge >= 0.3 is 0 Å². The number of rotatable bonds is 4. The third-order valence-electron chi connectivity index (χ3n) is 6.59. The molecule has 160 valence electrons. The molecule has 31 heavy (non-hydrogen) atoms. The third-order valence-corrected chi connectivity index (χ3v) is 6.91. The van der Waals surface area contributed by atoms with E-state index >= 15 is 0 Å². The van der Waals surface area contributed by atoms with Crippen molar-refractivity contribution in [2.24, 2.45) is 0 Å². The van der Waals surface area contributed by atoms with E-state index in [1.165, 1.54) is 43.7 Å². The quantitative estimate of drug-likeness (QED) is 0.510. The Hall–Kier alpha value is -2.73. The molecule has 0 unspecified atom stereocenters. The number of nitrogens with zero attached hydrogens (tertiary/aromatic N) is 3. The number of aryl methyl sites for hydroxylation is 1. The van der Waals surface area contributed by atoms with Gasteiger partial charge in [-0.2, -0.15) is 0 Å². The Morgan fingerprint density at radius 1 is 1.10 bits per heavy atom. The van der Waals surface area contributed by atoms with Gasteiger partial charge in [0.15, 0.2) is 5.11 Å². The number of pyridine rings is 1. The van der Waals surface area contributed by atoms with E-state index in [1.54, 1.807) is 6.92 Å². The zero-order valence-electron chi connectivity index (χ0n) is 17.7. The van der Waals surface area contributed by atoms with Crippen LogP contribution in [-0.2, 0) is 0 Å². The largest absolute Gasteiger partial charge is 0.351 e. The van der Waals surface area contributed by atoms with Crippen LogP contribution in [0.2, 0.25) is 0 Å². The highest BCUT2D eigenvalue weighted by molar-refractivity contribution is 7.80. The molecule has 6 heteroatoms. The summed E-state index contributed by atoms with van der Waals surface area (Å²) in [7, 11) is 0. The molecule has 3 heterocycles. The molecule has 3 aromatic rings. The maximum atomic E-state index is 14.0. The lowest BCUT2D eigenvalue weighted by atomic mass is 9.95. The molecular formula is C25H27FN4S. The number of aromatic nitrogens is 2. The van der Waals surface area contributed by atoms with Crippen molar-refractivity contribution in [1.29, 1.82) is 0 Å². The molecule has 1 saturated carbocycles. The summed E-state index contributed by atoms with van der Waals surface area (Å²) < 4.78 is 16.3. The minimum absolute atomic E-state index is 0.0582. The van der Waals surface area contributed by atoms with E-state index in [9.17, 15) is 4.39 Å². The first-order chi connectivity index (χ1) is 15.1. The maximum Gasteiger partial charge on any atom is 0.174 e. The van der Waals surface area contributed by atoms with Crippen LogP contribution in [0.25, 0.3) is 0 Å². The fraction of sp³-hybridized carbons (Fsp3) is 0.360. The SMILES string of the molecule is Cc1cc(N2C(=S)N[C@H](c3ccccn3)[C@@H]2c2ccn(C3CCCCC3)c2)ccc1F. The fourth-order valence-electron chi connectivity index (χ4n) is 4.96. The van der Waals surface area contributed by atoms with Crippen LogP contribution in [0, 0.1) is 12.7 Å². The number of anilines is 1. The zero-order valence-corrected chi connectivity index (χ0v) is 18.5. The maximum absolute atomic E-state index is 14.0. The lowest BCUT2D eigenvalue weighted by Crippen LogP contribution is -2.29. The van der Waals surface area contributed by atoms with E-state index in [0.29, 0.717) is 16.7 Å². The van der Waals surface area contributed by atoms with Crippen LogP contribution in [0.15, 0.2) is 61.1 Å². The zero-order chi connectivity index (χ0) is 21.4. The summed E-state index contributed by atoms with van der Waals surface area (Å²) in [5, 5.41) is 4.12. The normalized spacial score (nSPS) is 22.0. The van der Waals surface area contributed by atoms with Gasteiger partial charge in [-0.1, -0.05) is 25.3 Å². The molecule has 0 spiro atoms. The van der Waals surface area contributed by atoms with Crippen molar-refractivity contribution in [2.75, 3.05) is 4.90 Å². The molecule has 1 aliphatic carbocycles. The van der Waals surface area contributed by atoms with Crippen molar-refractivity contribution < 1.29 is 4.39 Å². The van der Waals surface area contributed by atoms with Gasteiger partial charge in [0.25, 0.3) is 0 Å². The molecule has 2 fully saturated rings. The van der Waals surface area contributed by atoms with Crippen LogP contribution in [-0.4, -0.2) is 14.7 Å². The lowest BCUT2D eigenvalue weighted by Gasteiger charge is -2.28. The molecule has 5 rings (SSSR count). The van der Waals surface area contributed by atoms with Crippen LogP contribution >= 0.6 is 12.2 Å². The average Bonchev–Trinajstić information content (AvgIpc) is 3.41. The van der Waals surface area contributed by atoms with Gasteiger partial charge in [0.2, 0.25) is 0 Å². The van der Waals surface area contributed by atoms with Gasteiger partial charge in [-0.3, -0.25) is 4.98 Å². The van der Waals surface area contributed by atoms with Crippen LogP contribution < -0.4 is 10.2 Å². The van der Waals surface area contributed by atoms with Crippen LogP contribution in [0.4, 0.5) is 10.1 Å². The minimum Gasteiger partial charge on any atom is -0.351 e. The molecule has 0 radical (unpaired) electrons. The summed E-state index contributed by atoms with van der Waals surface area (Å²) in [4.78, 5) is 6.72. The number of thiocarbonyl (C=S) groups is 1. The third kappa shape index (κ3) is 3.85. The Kier molecular flexibility index (Phi) is 5.48. The summed E-state index contributed by atoms with van der Waals surface area (Å²) in [6.07, 6.45) is 12.7. The summed E-state index contributed by atoms with van der Waals surface area (Å²) in [5.41, 5.74) is 3.64. The van der Waals surface area contributed by atoms with Crippen LogP contribution in [0.1, 0.15) is 67.1 Å². The molecular weight excluding hydrogens is 407 g/mol. The summed E-state index contributed by atoms with van der Waals surface area (Å²) in [5.74, 6) is -0.205. The van der Waals surface area contributed by atoms with Gasteiger partial charge in [0, 0.05) is 30.3 Å². The first-order valence-electron chi connectivity index (χ1n) is 11.1. The number of hydrogen-bond donors (Lipinski definition) is 1. The van der Waals surface area contributed by atoms with E-state index in [-0.39, 0.29) is 17.9 Å². The van der Waals surface area contributed by atoms with E-state index in [4.69, 9.17) is 12.2 Å². The van der Waals surface area contributed by atoms with Crippen molar-refractivity contribution in [3.63, 3.8) is 0 Å². The topological polar surface area (TPSA) is 33.1 Å². The van der Waals surface area contributed by atoms with Crippen LogP contribution in [0.3, 0.4) is 0 Å². The van der Waals surface area contributed by atoms with Gasteiger partial charge in [-0.05, 0) is 79.5 Å². The first-order valence-corrected chi connectivity index (χ1v) is 11.5. The molecule has 0 amide bonds. The summed E-state index contributed by atoms with van der Waals surface area (Å²) >= 11 is 5.77. The Morgan fingerprint density at radius 3 is 2.68 bits per heavy atom. The Morgan fingerprint density at radius 2 is 1.94 bits per heavy atom. The first kappa shape index (κ1) is 20.2. The minimum atomic E-state index is -0.205. The van der Waals surface area contributed by atoms with E-state index in [0.717, 1.165) is 11.4 Å². The molecule has 2 atom stereocenters. The number of halogens is 1. The van der Waals surface area contributed by atoms with Crippen molar-refractivity contribution in [2.45, 2.75) is 57.2 Å². The second-order valence-electron chi connectivity index (χ2n) is 8.61. The van der Waals surface area contributed by atoms with E-state index in [1.807, 2.05) is 36.5 Å². The molecule has 1 aliphatic heterocycles. The van der Waals surface area contributed by atoms with Crippen molar-refractivity contribution in [3.8, 4) is 0 Å². The van der Waals surface area contributed by atoms with Gasteiger partial charge in [-0.15, -0.1) is 0 Å². The van der Waals surface area contributed by atoms with Gasteiger partial charge in [0.1, 0.15) is 5.82 Å². The van der Waals surface area contributed by atoms with Crippen molar-refractivity contribution in [3.05, 3.63) is 83.7 Å². The average molecular weight is 435 g/mol. The number of benzene rings is 1. The second kappa shape index (κ2) is 8.42. The molecule has 1 N–H and O–H groups in total. The highest BCUT2D eigenvalue weighted by Crippen LogP contribution is 2.42. The second-order valence-corrected chi connectivity index (χ2v) is 9.00. The predicted octanol–water partition coefficient (Wildman–Crippen LogP) is 6.01. The van der Waals surface area contributed by atoms with Gasteiger partial charge in [-0.25, -0.2) is 4.39 Å². The summed E-state index contributed by atoms with van der Waals surface area (Å²) in [6.45, 7) is 1.79. The van der Waals surface area contributed by atoms with Crippen molar-refractivity contribution >= 4 is 23.0 Å². The Balaban J connectivity index is 1.56. The van der Waals surface area contributed by atoms with Crippen molar-refractivity contribution in [1.82, 2.24) is 14.9 Å². The van der Waals surface area contributed by atoms with Crippen LogP contribution in [0.5, 0.6) is 0 Å². The van der Waals surface area contributed by atoms with Gasteiger partial charge < -0.3 is 14.8 Å². The lowest BCUT2D eigenvalue weighted by molar-refractivity contribution is 0.353. The van der Waals surface area contributed by atoms with E-state index < -0.39 is 0 Å². The number of nitrogens with one attached hydrogen (secondary N) is 1. The molecule has 1 saturated heterocycles. The molecule has 4 nitrogen and oxygen atoms in total. The molecule has 0 bridgehead atoms. The highest BCUT2D eigenvalue weighted by atomic mass is 32.1. The Labute approximate surface area is 188 Å².